The van der Waals surface area contributed by atoms with Crippen LogP contribution in [0.2, 0.25) is 0 Å². The zero-order chi connectivity index (χ0) is 5.40. The van der Waals surface area contributed by atoms with E-state index in [0.29, 0.717) is 0 Å². The minimum atomic E-state index is 0. The van der Waals surface area contributed by atoms with Gasteiger partial charge in [0.05, 0.1) is 0 Å². The molecule has 9 heavy (non-hydrogen) atoms. The Balaban J connectivity index is 0.000000405. The lowest BCUT2D eigenvalue weighted by Gasteiger charge is -2.09. The standard InChI is InChI=1S/C8H8.H2O/c1-2-8-5-3-7(1)4-6-8;/h1-3,5H,4,6H2;1H2. The van der Waals surface area contributed by atoms with Gasteiger partial charge in [0.15, 0.2) is 0 Å². The molecule has 0 spiro atoms. The monoisotopic (exact) mass is 122 g/mol. The molecule has 2 aliphatic rings. The summed E-state index contributed by atoms with van der Waals surface area (Å²) >= 11 is 0. The van der Waals surface area contributed by atoms with Gasteiger partial charge < -0.3 is 5.48 Å². The van der Waals surface area contributed by atoms with Gasteiger partial charge in [-0.25, -0.2) is 0 Å². The lowest BCUT2D eigenvalue weighted by molar-refractivity contribution is 0.824. The highest BCUT2D eigenvalue weighted by Crippen LogP contribution is 2.14. The molecule has 1 heteroatoms. The maximum absolute atomic E-state index is 2.21. The highest BCUT2D eigenvalue weighted by atomic mass is 16.0. The van der Waals surface area contributed by atoms with Crippen molar-refractivity contribution in [2.24, 2.45) is 0 Å². The van der Waals surface area contributed by atoms with Gasteiger partial charge in [-0.3, -0.25) is 0 Å². The van der Waals surface area contributed by atoms with Crippen molar-refractivity contribution in [1.29, 1.82) is 0 Å². The van der Waals surface area contributed by atoms with Gasteiger partial charge in [-0.2, -0.15) is 0 Å². The molecule has 2 N–H and O–H groups in total. The van der Waals surface area contributed by atoms with Crippen molar-refractivity contribution in [2.75, 3.05) is 0 Å². The zero-order valence-corrected chi connectivity index (χ0v) is 5.22. The highest BCUT2D eigenvalue weighted by molar-refractivity contribution is 5.28. The van der Waals surface area contributed by atoms with E-state index in [0.717, 1.165) is 0 Å². The third kappa shape index (κ3) is 0.958. The Morgan fingerprint density at radius 1 is 0.778 bits per heavy atom. The lowest BCUT2D eigenvalue weighted by Crippen LogP contribution is -1.97. The van der Waals surface area contributed by atoms with E-state index in [2.05, 4.69) is 24.3 Å². The zero-order valence-electron chi connectivity index (χ0n) is 5.22. The molecule has 0 amide bonds. The minimum Gasteiger partial charge on any atom is -0.412 e. The van der Waals surface area contributed by atoms with Crippen LogP contribution in [0.25, 0.3) is 0 Å². The summed E-state index contributed by atoms with van der Waals surface area (Å²) in [6, 6.07) is 8.83. The van der Waals surface area contributed by atoms with Crippen LogP contribution in [0.15, 0.2) is 24.3 Å². The molecule has 1 nitrogen and oxygen atoms in total. The second-order valence-corrected chi connectivity index (χ2v) is 2.32. The molecule has 2 bridgehead atoms. The van der Waals surface area contributed by atoms with Gasteiger partial charge in [-0.1, -0.05) is 24.3 Å². The predicted octanol–water partition coefficient (Wildman–Crippen LogP) is 0.961. The summed E-state index contributed by atoms with van der Waals surface area (Å²) in [6.07, 6.45) is 2.53. The van der Waals surface area contributed by atoms with Crippen molar-refractivity contribution in [3.05, 3.63) is 35.4 Å². The van der Waals surface area contributed by atoms with E-state index in [4.69, 9.17) is 0 Å². The van der Waals surface area contributed by atoms with Crippen LogP contribution in [0.3, 0.4) is 0 Å². The van der Waals surface area contributed by atoms with Crippen LogP contribution in [0.1, 0.15) is 11.1 Å². The maximum Gasteiger partial charge on any atom is -0.0238 e. The van der Waals surface area contributed by atoms with Crippen molar-refractivity contribution in [1.82, 2.24) is 0 Å². The number of rotatable bonds is 0. The normalized spacial score (nSPS) is 12.9. The summed E-state index contributed by atoms with van der Waals surface area (Å²) in [5.74, 6) is 0. The molecular weight excluding hydrogens is 112 g/mol. The number of hydrogen-bond acceptors (Lipinski definition) is 0. The Morgan fingerprint density at radius 3 is 1.22 bits per heavy atom. The first-order valence-electron chi connectivity index (χ1n) is 3.03. The lowest BCUT2D eigenvalue weighted by atomic mass is 9.97. The fraction of sp³-hybridized carbons (Fsp3) is 0.250. The summed E-state index contributed by atoms with van der Waals surface area (Å²) in [5, 5.41) is 0. The van der Waals surface area contributed by atoms with E-state index < -0.39 is 0 Å². The third-order valence-corrected chi connectivity index (χ3v) is 1.73. The largest absolute Gasteiger partial charge is 0.412 e. The fourth-order valence-electron chi connectivity index (χ4n) is 1.16. The average molecular weight is 122 g/mol. The van der Waals surface area contributed by atoms with Crippen LogP contribution in [0.4, 0.5) is 0 Å². The molecular formula is C8H10O. The molecule has 0 saturated carbocycles. The number of benzene rings is 1. The quantitative estimate of drug-likeness (QED) is 0.491. The molecule has 0 atom stereocenters. The maximum atomic E-state index is 2.21. The van der Waals surface area contributed by atoms with Crippen LogP contribution in [-0.2, 0) is 12.8 Å². The van der Waals surface area contributed by atoms with Gasteiger partial charge >= 0.3 is 0 Å². The van der Waals surface area contributed by atoms with Crippen LogP contribution >= 0.6 is 0 Å². The summed E-state index contributed by atoms with van der Waals surface area (Å²) in [4.78, 5) is 0. The first-order chi connectivity index (χ1) is 3.95. The molecule has 0 aliphatic heterocycles. The Morgan fingerprint density at radius 2 is 1.11 bits per heavy atom. The van der Waals surface area contributed by atoms with E-state index in [1.807, 2.05) is 0 Å². The number of fused-ring (bicyclic) bond motifs is 3. The molecule has 48 valence electrons. The highest BCUT2D eigenvalue weighted by Gasteiger charge is 2.01. The summed E-state index contributed by atoms with van der Waals surface area (Å²) in [5.41, 5.74) is 2.97. The number of hydrogen-bond donors (Lipinski definition) is 0. The Labute approximate surface area is 54.6 Å². The molecule has 0 radical (unpaired) electrons. The molecule has 0 fully saturated rings. The van der Waals surface area contributed by atoms with Gasteiger partial charge in [0.2, 0.25) is 0 Å². The second-order valence-electron chi connectivity index (χ2n) is 2.32. The van der Waals surface area contributed by atoms with Crippen LogP contribution in [0, 0.1) is 0 Å². The Bertz CT molecular complexity index is 165. The fourth-order valence-corrected chi connectivity index (χ4v) is 1.16. The first kappa shape index (κ1) is 6.30. The summed E-state index contributed by atoms with van der Waals surface area (Å²) < 4.78 is 0. The SMILES string of the molecule is O.c1cc2ccc1CC2. The summed E-state index contributed by atoms with van der Waals surface area (Å²) in [6.45, 7) is 0. The Hall–Kier alpha value is -0.820. The van der Waals surface area contributed by atoms with E-state index in [1.165, 1.54) is 24.0 Å². The van der Waals surface area contributed by atoms with Gasteiger partial charge in [-0.15, -0.1) is 0 Å². The van der Waals surface area contributed by atoms with Crippen LogP contribution in [-0.4, -0.2) is 5.48 Å². The van der Waals surface area contributed by atoms with Gasteiger partial charge in [0.25, 0.3) is 0 Å². The first-order valence-corrected chi connectivity index (χ1v) is 3.03. The molecule has 0 unspecified atom stereocenters. The Kier molecular flexibility index (Phi) is 1.54. The minimum absolute atomic E-state index is 0. The second kappa shape index (κ2) is 2.19. The average Bonchev–Trinajstić information content (AvgIpc) is 1.92. The van der Waals surface area contributed by atoms with E-state index in [9.17, 15) is 0 Å². The summed E-state index contributed by atoms with van der Waals surface area (Å²) in [7, 11) is 0. The van der Waals surface area contributed by atoms with E-state index in [1.54, 1.807) is 0 Å². The third-order valence-electron chi connectivity index (χ3n) is 1.73. The molecule has 3 rings (SSSR count). The molecule has 1 aromatic carbocycles. The predicted molar refractivity (Wildman–Crippen MR) is 37.5 cm³/mol. The molecule has 1 aromatic rings. The smallest absolute Gasteiger partial charge is 0.0238 e. The van der Waals surface area contributed by atoms with Crippen molar-refractivity contribution < 1.29 is 5.48 Å². The van der Waals surface area contributed by atoms with Gasteiger partial charge in [0, 0.05) is 0 Å². The van der Waals surface area contributed by atoms with Crippen molar-refractivity contribution >= 4 is 0 Å². The topological polar surface area (TPSA) is 31.5 Å². The van der Waals surface area contributed by atoms with Crippen LogP contribution in [0.5, 0.6) is 0 Å². The van der Waals surface area contributed by atoms with Gasteiger partial charge in [-0.05, 0) is 24.0 Å². The van der Waals surface area contributed by atoms with Crippen molar-refractivity contribution in [3.63, 3.8) is 0 Å². The molecule has 0 saturated heterocycles. The van der Waals surface area contributed by atoms with E-state index in [-0.39, 0.29) is 5.48 Å². The van der Waals surface area contributed by atoms with Crippen molar-refractivity contribution in [3.8, 4) is 0 Å². The molecule has 2 aliphatic carbocycles. The number of aryl methyl sites for hydroxylation is 2. The van der Waals surface area contributed by atoms with E-state index >= 15 is 0 Å². The molecule has 0 aromatic heterocycles. The van der Waals surface area contributed by atoms with Crippen molar-refractivity contribution in [2.45, 2.75) is 12.8 Å². The van der Waals surface area contributed by atoms with Gasteiger partial charge in [0.1, 0.15) is 0 Å². The molecule has 0 heterocycles. The van der Waals surface area contributed by atoms with Crippen LogP contribution < -0.4 is 0 Å².